The van der Waals surface area contributed by atoms with Crippen LogP contribution < -0.4 is 11.1 Å². The summed E-state index contributed by atoms with van der Waals surface area (Å²) in [6.07, 6.45) is 0. The van der Waals surface area contributed by atoms with E-state index < -0.39 is 5.97 Å². The molecule has 110 valence electrons. The van der Waals surface area contributed by atoms with Crippen molar-refractivity contribution in [2.24, 2.45) is 0 Å². The van der Waals surface area contributed by atoms with Crippen molar-refractivity contribution in [3.63, 3.8) is 0 Å². The van der Waals surface area contributed by atoms with E-state index in [4.69, 9.17) is 10.5 Å². The van der Waals surface area contributed by atoms with Crippen LogP contribution in [0.2, 0.25) is 0 Å². The van der Waals surface area contributed by atoms with E-state index in [-0.39, 0.29) is 12.5 Å². The van der Waals surface area contributed by atoms with Crippen molar-refractivity contribution in [1.29, 1.82) is 0 Å². The third-order valence-corrected chi connectivity index (χ3v) is 3.72. The minimum atomic E-state index is -0.446. The summed E-state index contributed by atoms with van der Waals surface area (Å²) < 4.78 is 4.95. The van der Waals surface area contributed by atoms with E-state index in [1.165, 1.54) is 11.3 Å². The molecule has 0 aliphatic carbocycles. The van der Waals surface area contributed by atoms with Crippen molar-refractivity contribution < 1.29 is 14.3 Å². The molecule has 0 spiro atoms. The Hall–Kier alpha value is -2.34. The molecule has 0 fully saturated rings. The molecule has 0 unspecified atom stereocenters. The largest absolute Gasteiger partial charge is 0.462 e. The van der Waals surface area contributed by atoms with E-state index in [0.717, 1.165) is 5.56 Å². The van der Waals surface area contributed by atoms with Crippen LogP contribution in [-0.2, 0) is 4.74 Å². The lowest BCUT2D eigenvalue weighted by Crippen LogP contribution is -2.15. The number of carbonyl (C=O) groups excluding carboxylic acids is 2. The van der Waals surface area contributed by atoms with Gasteiger partial charge in [0.1, 0.15) is 5.00 Å². The third-order valence-electron chi connectivity index (χ3n) is 2.89. The molecule has 21 heavy (non-hydrogen) atoms. The van der Waals surface area contributed by atoms with Gasteiger partial charge in [-0.3, -0.25) is 4.79 Å². The second-order valence-corrected chi connectivity index (χ2v) is 5.33. The van der Waals surface area contributed by atoms with Gasteiger partial charge in [-0.2, -0.15) is 0 Å². The number of aryl methyl sites for hydroxylation is 1. The van der Waals surface area contributed by atoms with Gasteiger partial charge in [-0.05, 0) is 43.0 Å². The maximum absolute atomic E-state index is 12.3. The molecule has 0 atom stereocenters. The smallest absolute Gasteiger partial charge is 0.341 e. The van der Waals surface area contributed by atoms with Crippen LogP contribution in [0.15, 0.2) is 29.6 Å². The Bertz CT molecular complexity index is 679. The number of benzene rings is 1. The molecule has 0 aliphatic heterocycles. The molecule has 3 N–H and O–H groups in total. The molecule has 0 saturated carbocycles. The number of amides is 1. The van der Waals surface area contributed by atoms with Crippen LogP contribution in [0.4, 0.5) is 10.7 Å². The van der Waals surface area contributed by atoms with Crippen molar-refractivity contribution in [3.05, 3.63) is 46.3 Å². The summed E-state index contributed by atoms with van der Waals surface area (Å²) in [5, 5.41) is 4.94. The molecular weight excluding hydrogens is 288 g/mol. The van der Waals surface area contributed by atoms with E-state index in [9.17, 15) is 9.59 Å². The molecular formula is C15H16N2O3S. The number of nitrogens with one attached hydrogen (secondary N) is 1. The lowest BCUT2D eigenvalue weighted by molar-refractivity contribution is 0.0528. The van der Waals surface area contributed by atoms with Crippen LogP contribution in [-0.4, -0.2) is 18.5 Å². The van der Waals surface area contributed by atoms with Crippen molar-refractivity contribution in [2.45, 2.75) is 13.8 Å². The van der Waals surface area contributed by atoms with Crippen molar-refractivity contribution in [3.8, 4) is 0 Å². The lowest BCUT2D eigenvalue weighted by atomic mass is 10.1. The lowest BCUT2D eigenvalue weighted by Gasteiger charge is -2.09. The standard InChI is InChI=1S/C15H16N2O3S/c1-3-20-15(19)11-6-7-21-14(11)17-13(18)12-8-10(16)5-4-9(12)2/h4-8H,3,16H2,1-2H3,(H,17,18). The van der Waals surface area contributed by atoms with Crippen molar-refractivity contribution in [2.75, 3.05) is 17.7 Å². The Morgan fingerprint density at radius 1 is 1.29 bits per heavy atom. The number of thiophene rings is 1. The minimum absolute atomic E-state index is 0.288. The summed E-state index contributed by atoms with van der Waals surface area (Å²) in [6, 6.07) is 6.76. The summed E-state index contributed by atoms with van der Waals surface area (Å²) in [7, 11) is 0. The average molecular weight is 304 g/mol. The van der Waals surface area contributed by atoms with Crippen LogP contribution in [0.25, 0.3) is 0 Å². The number of esters is 1. The summed E-state index contributed by atoms with van der Waals surface area (Å²) in [5.41, 5.74) is 7.88. The number of nitrogens with two attached hydrogens (primary N) is 1. The predicted octanol–water partition coefficient (Wildman–Crippen LogP) is 3.07. The number of hydrogen-bond donors (Lipinski definition) is 2. The minimum Gasteiger partial charge on any atom is -0.462 e. The van der Waals surface area contributed by atoms with Gasteiger partial charge in [-0.1, -0.05) is 6.07 Å². The second-order valence-electron chi connectivity index (χ2n) is 4.41. The van der Waals surface area contributed by atoms with E-state index >= 15 is 0 Å². The highest BCUT2D eigenvalue weighted by Crippen LogP contribution is 2.25. The van der Waals surface area contributed by atoms with E-state index in [0.29, 0.717) is 21.8 Å². The number of hydrogen-bond acceptors (Lipinski definition) is 5. The fourth-order valence-corrected chi connectivity index (χ4v) is 2.60. The normalized spacial score (nSPS) is 10.2. The van der Waals surface area contributed by atoms with Crippen LogP contribution in [0.5, 0.6) is 0 Å². The highest BCUT2D eigenvalue weighted by atomic mass is 32.1. The van der Waals surface area contributed by atoms with Gasteiger partial charge >= 0.3 is 5.97 Å². The van der Waals surface area contributed by atoms with Gasteiger partial charge in [0.15, 0.2) is 0 Å². The van der Waals surface area contributed by atoms with Gasteiger partial charge in [0.05, 0.1) is 12.2 Å². The number of carbonyl (C=O) groups is 2. The Kier molecular flexibility index (Phi) is 4.59. The zero-order chi connectivity index (χ0) is 15.4. The van der Waals surface area contributed by atoms with Gasteiger partial charge in [0.2, 0.25) is 0 Å². The molecule has 0 saturated heterocycles. The Balaban J connectivity index is 2.22. The van der Waals surface area contributed by atoms with Gasteiger partial charge in [-0.25, -0.2) is 4.79 Å². The van der Waals surface area contributed by atoms with E-state index in [1.807, 2.05) is 6.92 Å². The molecule has 1 amide bonds. The molecule has 1 aromatic carbocycles. The highest BCUT2D eigenvalue weighted by Gasteiger charge is 2.17. The number of nitrogen functional groups attached to an aromatic ring is 1. The fraction of sp³-hybridized carbons (Fsp3) is 0.200. The summed E-state index contributed by atoms with van der Waals surface area (Å²) >= 11 is 1.27. The van der Waals surface area contributed by atoms with Crippen molar-refractivity contribution in [1.82, 2.24) is 0 Å². The topological polar surface area (TPSA) is 81.4 Å². The quantitative estimate of drug-likeness (QED) is 0.672. The Morgan fingerprint density at radius 3 is 2.76 bits per heavy atom. The summed E-state index contributed by atoms with van der Waals surface area (Å²) in [6.45, 7) is 3.85. The number of ether oxygens (including phenoxy) is 1. The molecule has 2 aromatic rings. The average Bonchev–Trinajstić information content (AvgIpc) is 2.90. The molecule has 5 nitrogen and oxygen atoms in total. The molecule has 0 bridgehead atoms. The predicted molar refractivity (Wildman–Crippen MR) is 83.8 cm³/mol. The zero-order valence-electron chi connectivity index (χ0n) is 11.8. The van der Waals surface area contributed by atoms with Crippen LogP contribution in [0.3, 0.4) is 0 Å². The van der Waals surface area contributed by atoms with Gasteiger partial charge in [-0.15, -0.1) is 11.3 Å². The Morgan fingerprint density at radius 2 is 2.05 bits per heavy atom. The first-order valence-corrected chi connectivity index (χ1v) is 7.33. The number of anilines is 2. The summed E-state index contributed by atoms with van der Waals surface area (Å²) in [4.78, 5) is 24.1. The first kappa shape index (κ1) is 15.1. The Labute approximate surface area is 126 Å². The zero-order valence-corrected chi connectivity index (χ0v) is 12.6. The van der Waals surface area contributed by atoms with E-state index in [2.05, 4.69) is 5.32 Å². The summed E-state index contributed by atoms with van der Waals surface area (Å²) in [5.74, 6) is -0.744. The van der Waals surface area contributed by atoms with Crippen molar-refractivity contribution >= 4 is 33.9 Å². The first-order chi connectivity index (χ1) is 10.0. The second kappa shape index (κ2) is 6.41. The van der Waals surface area contributed by atoms with Gasteiger partial charge in [0, 0.05) is 11.3 Å². The highest BCUT2D eigenvalue weighted by molar-refractivity contribution is 7.14. The van der Waals surface area contributed by atoms with E-state index in [1.54, 1.807) is 36.6 Å². The first-order valence-electron chi connectivity index (χ1n) is 6.45. The van der Waals surface area contributed by atoms with Gasteiger partial charge in [0.25, 0.3) is 5.91 Å². The maximum Gasteiger partial charge on any atom is 0.341 e. The van der Waals surface area contributed by atoms with Crippen LogP contribution in [0, 0.1) is 6.92 Å². The monoisotopic (exact) mass is 304 g/mol. The molecule has 1 heterocycles. The third kappa shape index (κ3) is 3.41. The molecule has 0 radical (unpaired) electrons. The molecule has 6 heteroatoms. The maximum atomic E-state index is 12.3. The molecule has 0 aliphatic rings. The van der Waals surface area contributed by atoms with Crippen LogP contribution in [0.1, 0.15) is 33.2 Å². The fourth-order valence-electron chi connectivity index (χ4n) is 1.83. The molecule has 1 aromatic heterocycles. The number of rotatable bonds is 4. The van der Waals surface area contributed by atoms with Gasteiger partial charge < -0.3 is 15.8 Å². The SMILES string of the molecule is CCOC(=O)c1ccsc1NC(=O)c1cc(N)ccc1C. The van der Waals surface area contributed by atoms with Crippen LogP contribution >= 0.6 is 11.3 Å². The molecule has 2 rings (SSSR count).